The largest absolute Gasteiger partial charge is 0.481 e. The summed E-state index contributed by atoms with van der Waals surface area (Å²) in [6, 6.07) is -1.31. The van der Waals surface area contributed by atoms with Gasteiger partial charge in [0.05, 0.1) is 0 Å². The van der Waals surface area contributed by atoms with Gasteiger partial charge in [-0.25, -0.2) is 0 Å². The van der Waals surface area contributed by atoms with Gasteiger partial charge in [0.2, 0.25) is 0 Å². The van der Waals surface area contributed by atoms with E-state index in [4.69, 9.17) is 10.2 Å². The molecule has 9 heteroatoms. The van der Waals surface area contributed by atoms with Crippen LogP contribution in [0.1, 0.15) is 33.1 Å². The Bertz CT molecular complexity index is 404. The van der Waals surface area contributed by atoms with E-state index in [9.17, 15) is 18.0 Å². The van der Waals surface area contributed by atoms with E-state index in [0.29, 0.717) is 0 Å². The molecule has 3 N–H and O–H groups in total. The molecule has 0 bridgehead atoms. The Morgan fingerprint density at radius 2 is 1.74 bits per heavy atom. The molecule has 0 aromatic carbocycles. The summed E-state index contributed by atoms with van der Waals surface area (Å²) in [5.74, 6) is -2.36. The van der Waals surface area contributed by atoms with Gasteiger partial charge < -0.3 is 10.2 Å². The first-order chi connectivity index (χ1) is 8.74. The fourth-order valence-electron chi connectivity index (χ4n) is 1.51. The molecule has 0 aromatic heterocycles. The Labute approximate surface area is 112 Å². The Morgan fingerprint density at radius 1 is 1.21 bits per heavy atom. The van der Waals surface area contributed by atoms with Gasteiger partial charge in [0.15, 0.2) is 0 Å². The second-order valence-corrected chi connectivity index (χ2v) is 5.59. The second-order valence-electron chi connectivity index (χ2n) is 3.88. The SMILES string of the molecule is CCN(CC)S(=O)(=O)N[C@H](CCCC(=O)O)C(=O)O. The fourth-order valence-corrected chi connectivity index (χ4v) is 2.92. The summed E-state index contributed by atoms with van der Waals surface area (Å²) in [6.45, 7) is 3.74. The third-order valence-electron chi connectivity index (χ3n) is 2.52. The minimum absolute atomic E-state index is 0.0673. The summed E-state index contributed by atoms with van der Waals surface area (Å²) in [5, 5.41) is 17.4. The molecule has 0 aliphatic carbocycles. The summed E-state index contributed by atoms with van der Waals surface area (Å²) >= 11 is 0. The van der Waals surface area contributed by atoms with Crippen molar-refractivity contribution < 1.29 is 28.2 Å². The summed E-state index contributed by atoms with van der Waals surface area (Å²) < 4.78 is 26.9. The molecule has 0 aliphatic rings. The lowest BCUT2D eigenvalue weighted by Crippen LogP contribution is -2.48. The molecule has 0 fully saturated rings. The number of carboxylic acids is 2. The van der Waals surface area contributed by atoms with Crippen molar-refractivity contribution in [3.63, 3.8) is 0 Å². The number of hydrogen-bond acceptors (Lipinski definition) is 4. The highest BCUT2D eigenvalue weighted by Crippen LogP contribution is 2.06. The van der Waals surface area contributed by atoms with E-state index in [1.54, 1.807) is 13.8 Å². The van der Waals surface area contributed by atoms with Gasteiger partial charge in [-0.15, -0.1) is 0 Å². The molecule has 8 nitrogen and oxygen atoms in total. The lowest BCUT2D eigenvalue weighted by Gasteiger charge is -2.22. The average molecular weight is 296 g/mol. The normalized spacial score (nSPS) is 13.4. The number of rotatable bonds is 10. The van der Waals surface area contributed by atoms with Crippen LogP contribution in [0.3, 0.4) is 0 Å². The molecule has 0 unspecified atom stereocenters. The molecule has 0 spiro atoms. The molecule has 112 valence electrons. The van der Waals surface area contributed by atoms with Crippen LogP contribution in [0.2, 0.25) is 0 Å². The topological polar surface area (TPSA) is 124 Å². The number of nitrogens with zero attached hydrogens (tertiary/aromatic N) is 1. The predicted molar refractivity (Wildman–Crippen MR) is 67.9 cm³/mol. The maximum absolute atomic E-state index is 11.8. The highest BCUT2D eigenvalue weighted by molar-refractivity contribution is 7.87. The number of carbonyl (C=O) groups is 2. The fraction of sp³-hybridized carbons (Fsp3) is 0.800. The first-order valence-electron chi connectivity index (χ1n) is 5.96. The van der Waals surface area contributed by atoms with Crippen molar-refractivity contribution >= 4 is 22.1 Å². The lowest BCUT2D eigenvalue weighted by atomic mass is 10.1. The zero-order valence-corrected chi connectivity index (χ0v) is 11.8. The van der Waals surface area contributed by atoms with Gasteiger partial charge in [-0.1, -0.05) is 13.8 Å². The van der Waals surface area contributed by atoms with E-state index in [1.807, 2.05) is 0 Å². The van der Waals surface area contributed by atoms with E-state index in [-0.39, 0.29) is 32.4 Å². The maximum atomic E-state index is 11.8. The minimum Gasteiger partial charge on any atom is -0.481 e. The van der Waals surface area contributed by atoms with Crippen LogP contribution in [0.5, 0.6) is 0 Å². The summed E-state index contributed by atoms with van der Waals surface area (Å²) in [4.78, 5) is 21.3. The smallest absolute Gasteiger partial charge is 0.321 e. The monoisotopic (exact) mass is 296 g/mol. The van der Waals surface area contributed by atoms with Gasteiger partial charge in [0, 0.05) is 19.5 Å². The minimum atomic E-state index is -3.86. The molecule has 0 saturated heterocycles. The van der Waals surface area contributed by atoms with E-state index in [2.05, 4.69) is 4.72 Å². The average Bonchev–Trinajstić information content (AvgIpc) is 2.28. The zero-order chi connectivity index (χ0) is 15.1. The molecule has 0 radical (unpaired) electrons. The van der Waals surface area contributed by atoms with Crippen LogP contribution in [-0.4, -0.2) is 54.0 Å². The summed E-state index contributed by atoms with van der Waals surface area (Å²) in [7, 11) is -3.86. The van der Waals surface area contributed by atoms with Crippen molar-refractivity contribution in [1.29, 1.82) is 0 Å². The van der Waals surface area contributed by atoms with Crippen LogP contribution in [0.4, 0.5) is 0 Å². The van der Waals surface area contributed by atoms with Crippen LogP contribution >= 0.6 is 0 Å². The first kappa shape index (κ1) is 17.8. The van der Waals surface area contributed by atoms with Crippen LogP contribution < -0.4 is 4.72 Å². The molecule has 0 heterocycles. The van der Waals surface area contributed by atoms with Crippen molar-refractivity contribution in [2.75, 3.05) is 13.1 Å². The summed E-state index contributed by atoms with van der Waals surface area (Å²) in [6.07, 6.45) is -0.175. The van der Waals surface area contributed by atoms with Crippen molar-refractivity contribution in [2.45, 2.75) is 39.2 Å². The van der Waals surface area contributed by atoms with Crippen molar-refractivity contribution in [2.24, 2.45) is 0 Å². The first-order valence-corrected chi connectivity index (χ1v) is 7.40. The van der Waals surface area contributed by atoms with Crippen molar-refractivity contribution in [3.05, 3.63) is 0 Å². The quantitative estimate of drug-likeness (QED) is 0.516. The zero-order valence-electron chi connectivity index (χ0n) is 11.0. The molecule has 0 amide bonds. The van der Waals surface area contributed by atoms with E-state index in [0.717, 1.165) is 4.31 Å². The summed E-state index contributed by atoms with van der Waals surface area (Å²) in [5.41, 5.74) is 0. The van der Waals surface area contributed by atoms with Gasteiger partial charge >= 0.3 is 11.9 Å². The van der Waals surface area contributed by atoms with Crippen LogP contribution in [0, 0.1) is 0 Å². The molecule has 0 rings (SSSR count). The van der Waals surface area contributed by atoms with Crippen LogP contribution in [-0.2, 0) is 19.8 Å². The Hall–Kier alpha value is -1.19. The van der Waals surface area contributed by atoms with Crippen LogP contribution in [0.15, 0.2) is 0 Å². The van der Waals surface area contributed by atoms with E-state index in [1.165, 1.54) is 0 Å². The lowest BCUT2D eigenvalue weighted by molar-refractivity contribution is -0.140. The third-order valence-corrected chi connectivity index (χ3v) is 4.30. The van der Waals surface area contributed by atoms with Crippen molar-refractivity contribution in [3.8, 4) is 0 Å². The molecule has 1 atom stereocenters. The maximum Gasteiger partial charge on any atom is 0.321 e. The number of hydrogen-bond donors (Lipinski definition) is 3. The second kappa shape index (κ2) is 8.08. The van der Waals surface area contributed by atoms with E-state index < -0.39 is 28.2 Å². The molecule has 0 aliphatic heterocycles. The van der Waals surface area contributed by atoms with Crippen molar-refractivity contribution in [1.82, 2.24) is 9.03 Å². The number of carboxylic acid groups (broad SMARTS) is 2. The standard InChI is InChI=1S/C10H20N2O6S/c1-3-12(4-2)19(17,18)11-8(10(15)16)6-5-7-9(13)14/h8,11H,3-7H2,1-2H3,(H,13,14)(H,15,16)/t8-/m1/s1. The third kappa shape index (κ3) is 6.50. The highest BCUT2D eigenvalue weighted by atomic mass is 32.2. The van der Waals surface area contributed by atoms with Crippen LogP contribution in [0.25, 0.3) is 0 Å². The molecule has 19 heavy (non-hydrogen) atoms. The highest BCUT2D eigenvalue weighted by Gasteiger charge is 2.27. The Balaban J connectivity index is 4.66. The van der Waals surface area contributed by atoms with Gasteiger partial charge in [0.25, 0.3) is 10.2 Å². The predicted octanol–water partition coefficient (Wildman–Crippen LogP) is -0.129. The number of aliphatic carboxylic acids is 2. The van der Waals surface area contributed by atoms with E-state index >= 15 is 0 Å². The molecule has 0 saturated carbocycles. The Morgan fingerprint density at radius 3 is 2.11 bits per heavy atom. The molecule has 0 aromatic rings. The Kier molecular flexibility index (Phi) is 7.57. The van der Waals surface area contributed by atoms with Gasteiger partial charge in [-0.05, 0) is 12.8 Å². The molecular formula is C10H20N2O6S. The van der Waals surface area contributed by atoms with Gasteiger partial charge in [-0.3, -0.25) is 9.59 Å². The van der Waals surface area contributed by atoms with Gasteiger partial charge in [-0.2, -0.15) is 17.4 Å². The molecular weight excluding hydrogens is 276 g/mol. The number of nitrogens with one attached hydrogen (secondary N) is 1. The van der Waals surface area contributed by atoms with Gasteiger partial charge in [0.1, 0.15) is 6.04 Å².